The van der Waals surface area contributed by atoms with Crippen molar-refractivity contribution < 1.29 is 27.8 Å². The van der Waals surface area contributed by atoms with Gasteiger partial charge >= 0.3 is 6.36 Å². The summed E-state index contributed by atoms with van der Waals surface area (Å²) in [5, 5.41) is 10.7. The maximum atomic E-state index is 12.5. The summed E-state index contributed by atoms with van der Waals surface area (Å²) in [6.45, 7) is 0. The zero-order valence-corrected chi connectivity index (χ0v) is 11.2. The van der Waals surface area contributed by atoms with E-state index >= 15 is 0 Å². The molecule has 0 bridgehead atoms. The number of hydrogen-bond donors (Lipinski definition) is 2. The van der Waals surface area contributed by atoms with Crippen LogP contribution in [0, 0.1) is 0 Å². The fourth-order valence-corrected chi connectivity index (χ4v) is 2.09. The van der Waals surface area contributed by atoms with Crippen LogP contribution in [0.25, 0.3) is 0 Å². The molecule has 1 atom stereocenters. The van der Waals surface area contributed by atoms with Crippen LogP contribution in [0.5, 0.6) is 5.75 Å². The van der Waals surface area contributed by atoms with Crippen molar-refractivity contribution in [3.63, 3.8) is 0 Å². The topological polar surface area (TPSA) is 72.6 Å². The van der Waals surface area contributed by atoms with Gasteiger partial charge in [0.1, 0.15) is 5.75 Å². The van der Waals surface area contributed by atoms with Crippen LogP contribution in [0.15, 0.2) is 54.6 Å². The van der Waals surface area contributed by atoms with Gasteiger partial charge in [-0.15, -0.1) is 13.2 Å². The number of halogens is 3. The SMILES string of the molecule is NC(=O)C(O)(c1ccccc1)c1ccccc1OC(F)(F)F. The summed E-state index contributed by atoms with van der Waals surface area (Å²) in [5.74, 6) is -1.91. The van der Waals surface area contributed by atoms with E-state index in [1.54, 1.807) is 6.07 Å². The Morgan fingerprint density at radius 1 is 1.00 bits per heavy atom. The van der Waals surface area contributed by atoms with Crippen LogP contribution in [0.1, 0.15) is 11.1 Å². The van der Waals surface area contributed by atoms with Gasteiger partial charge in [0.15, 0.2) is 5.60 Å². The molecule has 2 aromatic rings. The van der Waals surface area contributed by atoms with Gasteiger partial charge in [0.2, 0.25) is 0 Å². The molecule has 1 amide bonds. The number of para-hydroxylation sites is 1. The molecule has 0 aromatic heterocycles. The zero-order valence-electron chi connectivity index (χ0n) is 11.2. The minimum absolute atomic E-state index is 0.0423. The third-order valence-corrected chi connectivity index (χ3v) is 3.05. The number of carbonyl (C=O) groups excluding carboxylic acids is 1. The molecule has 4 nitrogen and oxygen atoms in total. The van der Waals surface area contributed by atoms with Crippen molar-refractivity contribution >= 4 is 5.91 Å². The highest BCUT2D eigenvalue weighted by atomic mass is 19.4. The molecule has 0 fully saturated rings. The summed E-state index contributed by atoms with van der Waals surface area (Å²) in [4.78, 5) is 11.8. The molecular weight excluding hydrogens is 299 g/mol. The van der Waals surface area contributed by atoms with Crippen molar-refractivity contribution in [2.24, 2.45) is 5.73 Å². The van der Waals surface area contributed by atoms with E-state index < -0.39 is 23.6 Å². The molecule has 0 saturated carbocycles. The van der Waals surface area contributed by atoms with Gasteiger partial charge in [0.25, 0.3) is 5.91 Å². The third kappa shape index (κ3) is 3.04. The summed E-state index contributed by atoms with van der Waals surface area (Å²) >= 11 is 0. The molecule has 0 aliphatic rings. The zero-order chi connectivity index (χ0) is 16.4. The van der Waals surface area contributed by atoms with E-state index in [1.807, 2.05) is 0 Å². The standard InChI is InChI=1S/C15H12F3NO3/c16-15(17,18)22-12-9-5-4-8-11(12)14(21,13(19)20)10-6-2-1-3-7-10/h1-9,21H,(H2,19,20). The summed E-state index contributed by atoms with van der Waals surface area (Å²) < 4.78 is 41.4. The van der Waals surface area contributed by atoms with Gasteiger partial charge in [-0.05, 0) is 11.6 Å². The smallest absolute Gasteiger partial charge is 0.405 e. The van der Waals surface area contributed by atoms with Crippen LogP contribution in [-0.4, -0.2) is 17.4 Å². The highest BCUT2D eigenvalue weighted by molar-refractivity contribution is 5.89. The molecule has 2 aromatic carbocycles. The number of amides is 1. The number of primary amides is 1. The molecule has 0 aliphatic carbocycles. The summed E-state index contributed by atoms with van der Waals surface area (Å²) in [5.41, 5.74) is 2.46. The molecule has 1 unspecified atom stereocenters. The van der Waals surface area contributed by atoms with Crippen LogP contribution in [0.2, 0.25) is 0 Å². The number of benzene rings is 2. The Hall–Kier alpha value is -2.54. The Labute approximate surface area is 123 Å². The number of aliphatic hydroxyl groups is 1. The van der Waals surface area contributed by atoms with Crippen molar-refractivity contribution in [2.45, 2.75) is 12.0 Å². The first-order valence-electron chi connectivity index (χ1n) is 6.18. The lowest BCUT2D eigenvalue weighted by molar-refractivity contribution is -0.275. The molecule has 22 heavy (non-hydrogen) atoms. The Morgan fingerprint density at radius 2 is 1.55 bits per heavy atom. The quantitative estimate of drug-likeness (QED) is 0.910. The van der Waals surface area contributed by atoms with E-state index in [4.69, 9.17) is 5.73 Å². The minimum Gasteiger partial charge on any atom is -0.405 e. The van der Waals surface area contributed by atoms with Crippen molar-refractivity contribution in [1.29, 1.82) is 0 Å². The number of rotatable bonds is 4. The average molecular weight is 311 g/mol. The van der Waals surface area contributed by atoms with Gasteiger partial charge in [-0.25, -0.2) is 0 Å². The largest absolute Gasteiger partial charge is 0.573 e. The Kier molecular flexibility index (Phi) is 4.09. The van der Waals surface area contributed by atoms with Crippen LogP contribution in [-0.2, 0) is 10.4 Å². The summed E-state index contributed by atoms with van der Waals surface area (Å²) in [6, 6.07) is 12.3. The molecule has 3 N–H and O–H groups in total. The van der Waals surface area contributed by atoms with E-state index in [9.17, 15) is 23.1 Å². The van der Waals surface area contributed by atoms with E-state index in [0.717, 1.165) is 12.1 Å². The second-order valence-electron chi connectivity index (χ2n) is 4.48. The average Bonchev–Trinajstić information content (AvgIpc) is 2.46. The van der Waals surface area contributed by atoms with Gasteiger partial charge in [0.05, 0.1) is 0 Å². The van der Waals surface area contributed by atoms with Crippen molar-refractivity contribution in [3.05, 3.63) is 65.7 Å². The normalized spacial score (nSPS) is 14.2. The van der Waals surface area contributed by atoms with Crippen molar-refractivity contribution in [3.8, 4) is 5.75 Å². The number of nitrogens with two attached hydrogens (primary N) is 1. The van der Waals surface area contributed by atoms with E-state index in [2.05, 4.69) is 4.74 Å². The Morgan fingerprint density at radius 3 is 2.09 bits per heavy atom. The second kappa shape index (κ2) is 5.69. The number of carbonyl (C=O) groups is 1. The first-order chi connectivity index (χ1) is 10.2. The highest BCUT2D eigenvalue weighted by Gasteiger charge is 2.42. The van der Waals surface area contributed by atoms with Crippen LogP contribution >= 0.6 is 0 Å². The maximum Gasteiger partial charge on any atom is 0.573 e. The van der Waals surface area contributed by atoms with Gasteiger partial charge < -0.3 is 15.6 Å². The van der Waals surface area contributed by atoms with Gasteiger partial charge in [-0.3, -0.25) is 4.79 Å². The van der Waals surface area contributed by atoms with Crippen molar-refractivity contribution in [2.75, 3.05) is 0 Å². The molecule has 0 heterocycles. The van der Waals surface area contributed by atoms with E-state index in [0.29, 0.717) is 0 Å². The number of ether oxygens (including phenoxy) is 1. The molecule has 0 radical (unpaired) electrons. The molecule has 2 rings (SSSR count). The van der Waals surface area contributed by atoms with Crippen LogP contribution in [0.3, 0.4) is 0 Å². The van der Waals surface area contributed by atoms with E-state index in [1.165, 1.54) is 36.4 Å². The fraction of sp³-hybridized carbons (Fsp3) is 0.133. The molecular formula is C15H12F3NO3. The Balaban J connectivity index is 2.63. The molecule has 0 aliphatic heterocycles. The maximum absolute atomic E-state index is 12.5. The van der Waals surface area contributed by atoms with Crippen LogP contribution in [0.4, 0.5) is 13.2 Å². The predicted molar refractivity (Wildman–Crippen MR) is 71.8 cm³/mol. The lowest BCUT2D eigenvalue weighted by Crippen LogP contribution is -2.42. The Bertz CT molecular complexity index is 673. The third-order valence-electron chi connectivity index (χ3n) is 3.05. The molecule has 0 spiro atoms. The first-order valence-corrected chi connectivity index (χ1v) is 6.18. The fourth-order valence-electron chi connectivity index (χ4n) is 2.09. The van der Waals surface area contributed by atoms with Gasteiger partial charge in [-0.2, -0.15) is 0 Å². The molecule has 0 saturated heterocycles. The van der Waals surface area contributed by atoms with E-state index in [-0.39, 0.29) is 11.1 Å². The van der Waals surface area contributed by atoms with Gasteiger partial charge in [0, 0.05) is 5.56 Å². The number of alkyl halides is 3. The van der Waals surface area contributed by atoms with Crippen molar-refractivity contribution in [1.82, 2.24) is 0 Å². The summed E-state index contributed by atoms with van der Waals surface area (Å²) in [6.07, 6.45) is -4.97. The van der Waals surface area contributed by atoms with Gasteiger partial charge in [-0.1, -0.05) is 48.5 Å². The molecule has 7 heteroatoms. The van der Waals surface area contributed by atoms with Crippen LogP contribution < -0.4 is 10.5 Å². The molecule has 116 valence electrons. The second-order valence-corrected chi connectivity index (χ2v) is 4.48. The highest BCUT2D eigenvalue weighted by Crippen LogP contribution is 2.37. The first kappa shape index (κ1) is 15.8. The monoisotopic (exact) mass is 311 g/mol. The number of hydrogen-bond acceptors (Lipinski definition) is 3. The lowest BCUT2D eigenvalue weighted by Gasteiger charge is -2.27. The lowest BCUT2D eigenvalue weighted by atomic mass is 9.85. The minimum atomic E-state index is -4.97. The predicted octanol–water partition coefficient (Wildman–Crippen LogP) is 2.31. The summed E-state index contributed by atoms with van der Waals surface area (Å²) in [7, 11) is 0.